The fourth-order valence-corrected chi connectivity index (χ4v) is 5.60. The summed E-state index contributed by atoms with van der Waals surface area (Å²) >= 11 is 6.71. The molecule has 0 spiro atoms. The first-order valence-electron chi connectivity index (χ1n) is 9.79. The van der Waals surface area contributed by atoms with Crippen LogP contribution in [-0.4, -0.2) is 32.5 Å². The van der Waals surface area contributed by atoms with Gasteiger partial charge in [-0.1, -0.05) is 41.1 Å². The second-order valence-corrected chi connectivity index (χ2v) is 10.2. The van der Waals surface area contributed by atoms with Crippen molar-refractivity contribution in [2.24, 2.45) is 0 Å². The van der Waals surface area contributed by atoms with Gasteiger partial charge in [-0.25, -0.2) is 22.2 Å². The molecule has 4 rings (SSSR count). The quantitative estimate of drug-likeness (QED) is 0.419. The predicted molar refractivity (Wildman–Crippen MR) is 124 cm³/mol. The molecule has 12 heteroatoms. The predicted octanol–water partition coefficient (Wildman–Crippen LogP) is 4.87. The summed E-state index contributed by atoms with van der Waals surface area (Å²) in [6.45, 7) is 1.06. The van der Waals surface area contributed by atoms with Gasteiger partial charge in [0.2, 0.25) is 0 Å². The Bertz CT molecular complexity index is 1300. The zero-order valence-electron chi connectivity index (χ0n) is 16.9. The Kier molecular flexibility index (Phi) is 6.94. The van der Waals surface area contributed by atoms with Gasteiger partial charge in [-0.2, -0.15) is 4.39 Å². The van der Waals surface area contributed by atoms with Crippen molar-refractivity contribution in [2.75, 3.05) is 23.1 Å². The Morgan fingerprint density at radius 2 is 1.94 bits per heavy atom. The standard InChI is InChI=1S/C21H18ClF3N4O2S2/c22-15-8-19(33(30,31)29-21-28-11-20(25)32-21)16(24)9-17(15)27-10-18-14(2-1-7-26-18)12-3-5-13(23)6-4-12/h2-6,8-9,11,18,26-27H,1,7,10H2,(H,28,29). The summed E-state index contributed by atoms with van der Waals surface area (Å²) in [4.78, 5) is 2.88. The van der Waals surface area contributed by atoms with Gasteiger partial charge in [-0.15, -0.1) is 0 Å². The minimum absolute atomic E-state index is 0.00906. The Labute approximate surface area is 197 Å². The molecule has 1 unspecified atom stereocenters. The molecule has 3 N–H and O–H groups in total. The molecule has 0 bridgehead atoms. The monoisotopic (exact) mass is 514 g/mol. The van der Waals surface area contributed by atoms with Gasteiger partial charge >= 0.3 is 0 Å². The molecule has 0 fully saturated rings. The summed E-state index contributed by atoms with van der Waals surface area (Å²) in [5, 5.41) is 5.47. The maximum Gasteiger partial charge on any atom is 0.266 e. The number of benzene rings is 2. The van der Waals surface area contributed by atoms with Gasteiger partial charge in [0.15, 0.2) is 10.3 Å². The minimum atomic E-state index is -4.36. The highest BCUT2D eigenvalue weighted by Crippen LogP contribution is 2.31. The SMILES string of the molecule is O=S(=O)(Nc1ncc(F)s1)c1cc(Cl)c(NCC2NCCC=C2c2ccc(F)cc2)cc1F. The number of sulfonamides is 1. The normalized spacial score (nSPS) is 16.4. The second kappa shape index (κ2) is 9.72. The van der Waals surface area contributed by atoms with Crippen molar-refractivity contribution >= 4 is 49.4 Å². The van der Waals surface area contributed by atoms with Crippen molar-refractivity contribution in [3.8, 4) is 0 Å². The maximum atomic E-state index is 14.7. The third-order valence-corrected chi connectivity index (χ3v) is 7.46. The average molecular weight is 515 g/mol. The summed E-state index contributed by atoms with van der Waals surface area (Å²) in [5.74, 6) is -1.36. The van der Waals surface area contributed by atoms with Crippen LogP contribution >= 0.6 is 22.9 Å². The summed E-state index contributed by atoms with van der Waals surface area (Å²) in [6, 6.07) is 7.96. The number of hydrogen-bond donors (Lipinski definition) is 3. The van der Waals surface area contributed by atoms with Crippen LogP contribution in [0.3, 0.4) is 0 Å². The third-order valence-electron chi connectivity index (χ3n) is 4.96. The van der Waals surface area contributed by atoms with E-state index in [2.05, 4.69) is 21.7 Å². The van der Waals surface area contributed by atoms with Crippen molar-refractivity contribution in [2.45, 2.75) is 17.4 Å². The molecule has 2 heterocycles. The molecule has 0 radical (unpaired) electrons. The summed E-state index contributed by atoms with van der Waals surface area (Å²) in [7, 11) is -4.36. The van der Waals surface area contributed by atoms with Crippen LogP contribution in [0, 0.1) is 16.8 Å². The van der Waals surface area contributed by atoms with E-state index in [9.17, 15) is 21.6 Å². The topological polar surface area (TPSA) is 83.1 Å². The van der Waals surface area contributed by atoms with E-state index in [1.165, 1.54) is 12.1 Å². The first-order chi connectivity index (χ1) is 15.7. The van der Waals surface area contributed by atoms with Crippen LogP contribution in [0.15, 0.2) is 53.6 Å². The Balaban J connectivity index is 1.51. The molecular formula is C21H18ClF3N4O2S2. The Morgan fingerprint density at radius 1 is 1.18 bits per heavy atom. The molecular weight excluding hydrogens is 497 g/mol. The number of nitrogens with zero attached hydrogens (tertiary/aromatic N) is 1. The van der Waals surface area contributed by atoms with E-state index in [1.807, 2.05) is 4.72 Å². The molecule has 6 nitrogen and oxygen atoms in total. The van der Waals surface area contributed by atoms with Crippen molar-refractivity contribution in [3.63, 3.8) is 0 Å². The summed E-state index contributed by atoms with van der Waals surface area (Å²) in [6.07, 6.45) is 3.72. The minimum Gasteiger partial charge on any atom is -0.382 e. The highest BCUT2D eigenvalue weighted by molar-refractivity contribution is 7.93. The Hall–Kier alpha value is -2.60. The fraction of sp³-hybridized carbons (Fsp3) is 0.190. The van der Waals surface area contributed by atoms with Gasteiger partial charge in [-0.3, -0.25) is 4.72 Å². The van der Waals surface area contributed by atoms with Gasteiger partial charge in [-0.05, 0) is 48.4 Å². The smallest absolute Gasteiger partial charge is 0.266 e. The van der Waals surface area contributed by atoms with Crippen LogP contribution in [0.25, 0.3) is 5.57 Å². The van der Waals surface area contributed by atoms with Crippen LogP contribution in [0.4, 0.5) is 24.0 Å². The van der Waals surface area contributed by atoms with Gasteiger partial charge in [0.05, 0.1) is 16.9 Å². The summed E-state index contributed by atoms with van der Waals surface area (Å²) < 4.78 is 68.1. The number of rotatable bonds is 7. The molecule has 174 valence electrons. The lowest BCUT2D eigenvalue weighted by atomic mass is 9.94. The van der Waals surface area contributed by atoms with E-state index in [1.54, 1.807) is 12.1 Å². The molecule has 0 saturated carbocycles. The van der Waals surface area contributed by atoms with Crippen molar-refractivity contribution in [1.29, 1.82) is 0 Å². The van der Waals surface area contributed by atoms with Crippen molar-refractivity contribution < 1.29 is 21.6 Å². The number of nitrogens with one attached hydrogen (secondary N) is 3. The number of aromatic nitrogens is 1. The number of thiazole rings is 1. The molecule has 1 atom stereocenters. The van der Waals surface area contributed by atoms with Crippen LogP contribution in [0.1, 0.15) is 12.0 Å². The van der Waals surface area contributed by atoms with Crippen LogP contribution in [-0.2, 0) is 10.0 Å². The average Bonchev–Trinajstić information content (AvgIpc) is 3.18. The second-order valence-electron chi connectivity index (χ2n) is 7.18. The third kappa shape index (κ3) is 5.49. The number of hydrogen-bond acceptors (Lipinski definition) is 6. The highest BCUT2D eigenvalue weighted by Gasteiger charge is 2.24. The molecule has 0 saturated heterocycles. The van der Waals surface area contributed by atoms with E-state index in [0.717, 1.165) is 42.4 Å². The zero-order chi connectivity index (χ0) is 23.6. The van der Waals surface area contributed by atoms with Gasteiger partial charge < -0.3 is 10.6 Å². The first-order valence-corrected chi connectivity index (χ1v) is 12.5. The number of anilines is 2. The maximum absolute atomic E-state index is 14.7. The number of halogens is 4. The van der Waals surface area contributed by atoms with Gasteiger partial charge in [0.25, 0.3) is 10.0 Å². The van der Waals surface area contributed by atoms with Crippen molar-refractivity contribution in [3.05, 3.63) is 76.0 Å². The molecule has 0 aliphatic carbocycles. The van der Waals surface area contributed by atoms with Crippen LogP contribution < -0.4 is 15.4 Å². The molecule has 33 heavy (non-hydrogen) atoms. The zero-order valence-corrected chi connectivity index (χ0v) is 19.3. The molecule has 3 aromatic rings. The van der Waals surface area contributed by atoms with E-state index in [-0.39, 0.29) is 27.7 Å². The van der Waals surface area contributed by atoms with E-state index in [4.69, 9.17) is 11.6 Å². The molecule has 0 amide bonds. The molecule has 1 aliphatic heterocycles. The molecule has 2 aromatic carbocycles. The lowest BCUT2D eigenvalue weighted by Gasteiger charge is -2.27. The molecule has 1 aliphatic rings. The molecule has 1 aromatic heterocycles. The van der Waals surface area contributed by atoms with E-state index < -0.39 is 25.9 Å². The fourth-order valence-electron chi connectivity index (χ4n) is 3.43. The van der Waals surface area contributed by atoms with Crippen LogP contribution in [0.5, 0.6) is 0 Å². The van der Waals surface area contributed by atoms with Gasteiger partial charge in [0.1, 0.15) is 16.5 Å². The first kappa shape index (κ1) is 23.6. The Morgan fingerprint density at radius 3 is 2.64 bits per heavy atom. The highest BCUT2D eigenvalue weighted by atomic mass is 35.5. The lowest BCUT2D eigenvalue weighted by molar-refractivity contribution is 0.570. The lowest BCUT2D eigenvalue weighted by Crippen LogP contribution is -2.39. The van der Waals surface area contributed by atoms with E-state index >= 15 is 0 Å². The van der Waals surface area contributed by atoms with E-state index in [0.29, 0.717) is 17.9 Å². The van der Waals surface area contributed by atoms with Crippen molar-refractivity contribution in [1.82, 2.24) is 10.3 Å². The van der Waals surface area contributed by atoms with Crippen LogP contribution in [0.2, 0.25) is 5.02 Å². The van der Waals surface area contributed by atoms with Gasteiger partial charge in [0, 0.05) is 12.6 Å². The largest absolute Gasteiger partial charge is 0.382 e. The summed E-state index contributed by atoms with van der Waals surface area (Å²) in [5.41, 5.74) is 2.03.